The minimum Gasteiger partial charge on any atom is -0.481 e. The summed E-state index contributed by atoms with van der Waals surface area (Å²) in [6, 6.07) is 6.26. The summed E-state index contributed by atoms with van der Waals surface area (Å²) in [6.45, 7) is 1.29. The third-order valence-corrected chi connectivity index (χ3v) is 4.36. The molecule has 0 fully saturated rings. The maximum Gasteiger partial charge on any atom is 0.422 e. The molecule has 1 atom stereocenters. The van der Waals surface area contributed by atoms with Crippen LogP contribution in [-0.4, -0.2) is 38.7 Å². The smallest absolute Gasteiger partial charge is 0.422 e. The van der Waals surface area contributed by atoms with Gasteiger partial charge >= 0.3 is 22.3 Å². The summed E-state index contributed by atoms with van der Waals surface area (Å²) >= 11 is 0. The van der Waals surface area contributed by atoms with Crippen molar-refractivity contribution in [1.82, 2.24) is 4.72 Å². The Morgan fingerprint density at radius 2 is 2.10 bits per heavy atom. The first-order valence-electron chi connectivity index (χ1n) is 6.15. The number of carboxylic acids is 1. The second-order valence-corrected chi connectivity index (χ2v) is 5.90. The molecule has 0 saturated carbocycles. The normalized spacial score (nSPS) is 17.2. The lowest BCUT2D eigenvalue weighted by Gasteiger charge is -2.19. The number of amides is 1. The van der Waals surface area contributed by atoms with E-state index in [1.54, 1.807) is 22.9 Å². The summed E-state index contributed by atoms with van der Waals surface area (Å²) in [4.78, 5) is 22.5. The number of para-hydroxylation sites is 1. The number of carbonyl (C=O) groups is 2. The van der Waals surface area contributed by atoms with Gasteiger partial charge in [0.2, 0.25) is 0 Å². The lowest BCUT2D eigenvalue weighted by Crippen LogP contribution is -2.43. The number of fused-ring (bicyclic) bond motifs is 1. The summed E-state index contributed by atoms with van der Waals surface area (Å²) in [6.07, 6.45) is -1.10. The Hall–Kier alpha value is -2.29. The van der Waals surface area contributed by atoms with Crippen LogP contribution in [0.2, 0.25) is 0 Å². The second kappa shape index (κ2) is 5.60. The largest absolute Gasteiger partial charge is 0.481 e. The Kier molecular flexibility index (Phi) is 4.03. The van der Waals surface area contributed by atoms with Gasteiger partial charge in [0.05, 0.1) is 18.8 Å². The van der Waals surface area contributed by atoms with Crippen LogP contribution in [0.15, 0.2) is 24.3 Å². The van der Waals surface area contributed by atoms with Gasteiger partial charge in [-0.05, 0) is 18.6 Å². The van der Waals surface area contributed by atoms with Gasteiger partial charge in [0.1, 0.15) is 5.92 Å². The average molecular weight is 314 g/mol. The highest BCUT2D eigenvalue weighted by molar-refractivity contribution is 7.91. The van der Waals surface area contributed by atoms with Gasteiger partial charge in [-0.1, -0.05) is 18.2 Å². The molecule has 0 spiro atoms. The van der Waals surface area contributed by atoms with Crippen molar-refractivity contribution in [2.75, 3.05) is 17.5 Å². The molecule has 0 radical (unpaired) electrons. The van der Waals surface area contributed by atoms with Crippen molar-refractivity contribution in [1.29, 1.82) is 0 Å². The van der Waals surface area contributed by atoms with Crippen LogP contribution in [0.5, 0.6) is 0 Å². The summed E-state index contributed by atoms with van der Waals surface area (Å²) < 4.78 is 31.5. The van der Waals surface area contributed by atoms with E-state index in [1.165, 1.54) is 13.0 Å². The fourth-order valence-electron chi connectivity index (χ4n) is 2.13. The third kappa shape index (κ3) is 2.92. The van der Waals surface area contributed by atoms with Crippen LogP contribution in [0.3, 0.4) is 0 Å². The molecular weight excluding hydrogens is 300 g/mol. The van der Waals surface area contributed by atoms with E-state index >= 15 is 0 Å². The molecule has 21 heavy (non-hydrogen) atoms. The van der Waals surface area contributed by atoms with Crippen molar-refractivity contribution in [2.45, 2.75) is 12.8 Å². The molecule has 9 heteroatoms. The lowest BCUT2D eigenvalue weighted by atomic mass is 10.0. The molecular formula is C12H14N2O6S. The number of carbonyl (C=O) groups excluding carboxylic acids is 1. The number of nitrogens with zero attached hydrogens (tertiary/aromatic N) is 1. The molecule has 1 amide bonds. The number of hydrogen-bond donors (Lipinski definition) is 2. The number of hydrogen-bond acceptors (Lipinski definition) is 5. The van der Waals surface area contributed by atoms with Gasteiger partial charge in [-0.25, -0.2) is 9.52 Å². The van der Waals surface area contributed by atoms with E-state index in [0.29, 0.717) is 5.56 Å². The van der Waals surface area contributed by atoms with Crippen molar-refractivity contribution >= 4 is 28.0 Å². The SMILES string of the molecule is CCOC(=O)NS(=O)(=O)N1CC(C(=O)O)c2ccccc21. The van der Waals surface area contributed by atoms with Crippen LogP contribution in [-0.2, 0) is 19.7 Å². The third-order valence-electron chi connectivity index (χ3n) is 3.01. The molecule has 114 valence electrons. The minimum absolute atomic E-state index is 0.0235. The van der Waals surface area contributed by atoms with E-state index in [2.05, 4.69) is 4.74 Å². The first-order valence-corrected chi connectivity index (χ1v) is 7.59. The van der Waals surface area contributed by atoms with E-state index in [0.717, 1.165) is 4.31 Å². The van der Waals surface area contributed by atoms with Gasteiger partial charge in [0, 0.05) is 0 Å². The Labute approximate surface area is 121 Å². The highest BCUT2D eigenvalue weighted by Crippen LogP contribution is 2.37. The molecule has 1 heterocycles. The molecule has 1 aliphatic heterocycles. The molecule has 0 bridgehead atoms. The Morgan fingerprint density at radius 3 is 2.71 bits per heavy atom. The zero-order valence-electron chi connectivity index (χ0n) is 11.1. The predicted molar refractivity (Wildman–Crippen MR) is 73.2 cm³/mol. The standard InChI is InChI=1S/C12H14N2O6S/c1-2-20-12(17)13-21(18,19)14-7-9(11(15)16)8-5-3-4-6-10(8)14/h3-6,9H,2,7H2,1H3,(H,13,17)(H,15,16). The van der Waals surface area contributed by atoms with E-state index in [9.17, 15) is 23.1 Å². The van der Waals surface area contributed by atoms with Gasteiger partial charge < -0.3 is 9.84 Å². The highest BCUT2D eigenvalue weighted by atomic mass is 32.2. The van der Waals surface area contributed by atoms with Gasteiger partial charge in [0.15, 0.2) is 0 Å². The number of benzene rings is 1. The van der Waals surface area contributed by atoms with Crippen LogP contribution < -0.4 is 9.03 Å². The number of rotatable bonds is 4. The number of anilines is 1. The summed E-state index contributed by atoms with van der Waals surface area (Å²) in [5.74, 6) is -2.10. The van der Waals surface area contributed by atoms with Crippen molar-refractivity contribution in [3.63, 3.8) is 0 Å². The maximum atomic E-state index is 12.2. The quantitative estimate of drug-likeness (QED) is 0.844. The topological polar surface area (TPSA) is 113 Å². The molecule has 8 nitrogen and oxygen atoms in total. The fourth-order valence-corrected chi connectivity index (χ4v) is 3.28. The minimum atomic E-state index is -4.22. The lowest BCUT2D eigenvalue weighted by molar-refractivity contribution is -0.138. The van der Waals surface area contributed by atoms with E-state index < -0.39 is 28.2 Å². The number of ether oxygens (including phenoxy) is 1. The molecule has 2 rings (SSSR count). The highest BCUT2D eigenvalue weighted by Gasteiger charge is 2.39. The van der Waals surface area contributed by atoms with Crippen molar-refractivity contribution in [2.24, 2.45) is 0 Å². The summed E-state index contributed by atoms with van der Waals surface area (Å²) in [5, 5.41) is 9.18. The van der Waals surface area contributed by atoms with E-state index in [4.69, 9.17) is 0 Å². The number of nitrogens with one attached hydrogen (secondary N) is 1. The molecule has 1 aliphatic rings. The van der Waals surface area contributed by atoms with Crippen molar-refractivity contribution in [3.8, 4) is 0 Å². The summed E-state index contributed by atoms with van der Waals surface area (Å²) in [7, 11) is -4.22. The predicted octanol–water partition coefficient (Wildman–Crippen LogP) is 0.666. The number of aliphatic carboxylic acids is 1. The monoisotopic (exact) mass is 314 g/mol. The van der Waals surface area contributed by atoms with Crippen molar-refractivity contribution in [3.05, 3.63) is 29.8 Å². The van der Waals surface area contributed by atoms with Gasteiger partial charge in [0.25, 0.3) is 0 Å². The first kappa shape index (κ1) is 15.1. The Morgan fingerprint density at radius 1 is 1.43 bits per heavy atom. The number of carboxylic acid groups (broad SMARTS) is 1. The molecule has 0 saturated heterocycles. The van der Waals surface area contributed by atoms with Crippen LogP contribution >= 0.6 is 0 Å². The first-order chi connectivity index (χ1) is 9.86. The Balaban J connectivity index is 2.33. The molecule has 0 aromatic heterocycles. The van der Waals surface area contributed by atoms with Crippen LogP contribution in [0, 0.1) is 0 Å². The zero-order valence-corrected chi connectivity index (χ0v) is 12.0. The average Bonchev–Trinajstić information content (AvgIpc) is 2.78. The Bertz CT molecular complexity index is 672. The molecule has 0 aliphatic carbocycles. The summed E-state index contributed by atoms with van der Waals surface area (Å²) in [5.41, 5.74) is 0.626. The fraction of sp³-hybridized carbons (Fsp3) is 0.333. The van der Waals surface area contributed by atoms with E-state index in [-0.39, 0.29) is 18.8 Å². The van der Waals surface area contributed by atoms with Gasteiger partial charge in [-0.15, -0.1) is 0 Å². The van der Waals surface area contributed by atoms with Crippen LogP contribution in [0.1, 0.15) is 18.4 Å². The van der Waals surface area contributed by atoms with E-state index in [1.807, 2.05) is 0 Å². The second-order valence-electron chi connectivity index (χ2n) is 4.31. The van der Waals surface area contributed by atoms with Gasteiger partial charge in [-0.2, -0.15) is 8.42 Å². The molecule has 1 unspecified atom stereocenters. The molecule has 1 aromatic rings. The van der Waals surface area contributed by atoms with Crippen LogP contribution in [0.25, 0.3) is 0 Å². The molecule has 1 aromatic carbocycles. The van der Waals surface area contributed by atoms with Crippen molar-refractivity contribution < 1.29 is 27.9 Å². The maximum absolute atomic E-state index is 12.2. The van der Waals surface area contributed by atoms with Crippen LogP contribution in [0.4, 0.5) is 10.5 Å². The molecule has 2 N–H and O–H groups in total. The van der Waals surface area contributed by atoms with Gasteiger partial charge in [-0.3, -0.25) is 9.10 Å². The zero-order chi connectivity index (χ0) is 15.6.